The summed E-state index contributed by atoms with van der Waals surface area (Å²) in [5, 5.41) is 12.9. The predicted molar refractivity (Wildman–Crippen MR) is 83.4 cm³/mol. The highest BCUT2D eigenvalue weighted by Gasteiger charge is 2.18. The van der Waals surface area contributed by atoms with Crippen LogP contribution >= 0.6 is 0 Å². The van der Waals surface area contributed by atoms with Crippen LogP contribution in [0.5, 0.6) is 0 Å². The summed E-state index contributed by atoms with van der Waals surface area (Å²) in [5.74, 6) is 6.34. The summed E-state index contributed by atoms with van der Waals surface area (Å²) in [6, 6.07) is 9.88. The molecule has 1 heterocycles. The topological polar surface area (TPSA) is 49.3 Å². The minimum Gasteiger partial charge on any atom is -0.389 e. The van der Waals surface area contributed by atoms with Gasteiger partial charge in [-0.05, 0) is 24.5 Å². The van der Waals surface area contributed by atoms with Crippen molar-refractivity contribution in [1.82, 2.24) is 5.32 Å². The first-order chi connectivity index (χ1) is 10.1. The van der Waals surface area contributed by atoms with Crippen LogP contribution in [0.4, 0.5) is 0 Å². The number of rotatable bonds is 4. The lowest BCUT2D eigenvalue weighted by atomic mass is 10.00. The van der Waals surface area contributed by atoms with Crippen molar-refractivity contribution in [3.63, 3.8) is 0 Å². The van der Waals surface area contributed by atoms with Crippen LogP contribution in [0.15, 0.2) is 42.5 Å². The van der Waals surface area contributed by atoms with Crippen LogP contribution in [0.1, 0.15) is 31.7 Å². The van der Waals surface area contributed by atoms with E-state index in [2.05, 4.69) is 17.2 Å². The molecule has 110 valence electrons. The third-order valence-corrected chi connectivity index (χ3v) is 3.58. The summed E-state index contributed by atoms with van der Waals surface area (Å²) in [7, 11) is 0. The summed E-state index contributed by atoms with van der Waals surface area (Å²) in [6.07, 6.45) is 5.14. The largest absolute Gasteiger partial charge is 0.389 e. The number of hydrogen-bond acceptors (Lipinski definition) is 2. The van der Waals surface area contributed by atoms with Crippen LogP contribution in [0.3, 0.4) is 0 Å². The third-order valence-electron chi connectivity index (χ3n) is 3.58. The number of amides is 1. The zero-order valence-corrected chi connectivity index (χ0v) is 12.3. The second kappa shape index (κ2) is 7.66. The lowest BCUT2D eigenvalue weighted by molar-refractivity contribution is -0.119. The number of hydrogen-bond donors (Lipinski definition) is 2. The van der Waals surface area contributed by atoms with Crippen molar-refractivity contribution < 1.29 is 9.90 Å². The van der Waals surface area contributed by atoms with Crippen molar-refractivity contribution >= 4 is 5.91 Å². The molecule has 0 aliphatic carbocycles. The second-order valence-electron chi connectivity index (χ2n) is 5.44. The van der Waals surface area contributed by atoms with Crippen molar-refractivity contribution in [3.05, 3.63) is 48.0 Å². The Balaban J connectivity index is 1.80. The highest BCUT2D eigenvalue weighted by molar-refractivity contribution is 5.78. The highest BCUT2D eigenvalue weighted by Crippen LogP contribution is 2.12. The minimum atomic E-state index is -0.535. The van der Waals surface area contributed by atoms with Crippen LogP contribution in [0.25, 0.3) is 0 Å². The summed E-state index contributed by atoms with van der Waals surface area (Å²) in [6.45, 7) is 1.97. The summed E-state index contributed by atoms with van der Waals surface area (Å²) in [4.78, 5) is 11.1. The van der Waals surface area contributed by atoms with Gasteiger partial charge in [-0.1, -0.05) is 49.1 Å². The Morgan fingerprint density at radius 1 is 1.43 bits per heavy atom. The van der Waals surface area contributed by atoms with E-state index >= 15 is 0 Å². The van der Waals surface area contributed by atoms with E-state index in [1.54, 1.807) is 6.08 Å². The van der Waals surface area contributed by atoms with Crippen LogP contribution in [-0.4, -0.2) is 23.2 Å². The second-order valence-corrected chi connectivity index (χ2v) is 5.44. The molecular weight excluding hydrogens is 262 g/mol. The molecule has 0 bridgehead atoms. The summed E-state index contributed by atoms with van der Waals surface area (Å²) >= 11 is 0. The molecule has 1 amide bonds. The molecule has 1 saturated heterocycles. The number of benzene rings is 1. The molecule has 1 aliphatic rings. The van der Waals surface area contributed by atoms with E-state index in [-0.39, 0.29) is 17.9 Å². The predicted octanol–water partition coefficient (Wildman–Crippen LogP) is 2.26. The van der Waals surface area contributed by atoms with E-state index in [1.807, 2.05) is 43.3 Å². The number of nitrogens with one attached hydrogen (secondary N) is 1. The fourth-order valence-corrected chi connectivity index (χ4v) is 2.18. The van der Waals surface area contributed by atoms with Gasteiger partial charge in [0.2, 0.25) is 5.91 Å². The molecule has 0 spiro atoms. The fourth-order valence-electron chi connectivity index (χ4n) is 2.18. The van der Waals surface area contributed by atoms with Gasteiger partial charge < -0.3 is 10.4 Å². The van der Waals surface area contributed by atoms with Gasteiger partial charge in [-0.25, -0.2) is 0 Å². The Morgan fingerprint density at radius 2 is 2.19 bits per heavy atom. The number of carbonyl (C=O) groups is 1. The Morgan fingerprint density at radius 3 is 2.86 bits per heavy atom. The van der Waals surface area contributed by atoms with Gasteiger partial charge in [0, 0.05) is 24.4 Å². The maximum absolute atomic E-state index is 11.1. The zero-order chi connectivity index (χ0) is 15.1. The molecule has 1 fully saturated rings. The van der Waals surface area contributed by atoms with Crippen LogP contribution in [0.2, 0.25) is 0 Å². The number of aliphatic hydroxyl groups is 1. The smallest absolute Gasteiger partial charge is 0.220 e. The van der Waals surface area contributed by atoms with Gasteiger partial charge in [-0.2, -0.15) is 0 Å². The average Bonchev–Trinajstić information content (AvgIpc) is 2.91. The third kappa shape index (κ3) is 5.09. The molecule has 2 rings (SSSR count). The van der Waals surface area contributed by atoms with Gasteiger partial charge in [0.05, 0.1) is 6.10 Å². The van der Waals surface area contributed by atoms with Gasteiger partial charge >= 0.3 is 0 Å². The monoisotopic (exact) mass is 283 g/mol. The lowest BCUT2D eigenvalue weighted by Crippen LogP contribution is -2.24. The van der Waals surface area contributed by atoms with Crippen molar-refractivity contribution in [3.8, 4) is 11.8 Å². The van der Waals surface area contributed by atoms with E-state index in [1.165, 1.54) is 0 Å². The molecule has 0 radical (unpaired) electrons. The Kier molecular flexibility index (Phi) is 5.59. The molecular formula is C18H21NO2. The Hall–Kier alpha value is -2.05. The van der Waals surface area contributed by atoms with Crippen molar-refractivity contribution in [2.75, 3.05) is 0 Å². The van der Waals surface area contributed by atoms with Crippen molar-refractivity contribution in [2.24, 2.45) is 5.92 Å². The Labute approximate surface area is 126 Å². The molecule has 0 aromatic heterocycles. The highest BCUT2D eigenvalue weighted by atomic mass is 16.3. The van der Waals surface area contributed by atoms with E-state index in [0.717, 1.165) is 12.0 Å². The molecule has 1 aromatic carbocycles. The van der Waals surface area contributed by atoms with Crippen LogP contribution < -0.4 is 5.32 Å². The first kappa shape index (κ1) is 15.3. The minimum absolute atomic E-state index is 0.0644. The molecule has 21 heavy (non-hydrogen) atoms. The number of carbonyl (C=O) groups excluding carboxylic acids is 1. The molecule has 2 N–H and O–H groups in total. The Bertz CT molecular complexity index is 554. The van der Waals surface area contributed by atoms with E-state index in [9.17, 15) is 9.90 Å². The zero-order valence-electron chi connectivity index (χ0n) is 12.3. The van der Waals surface area contributed by atoms with Crippen molar-refractivity contribution in [1.29, 1.82) is 0 Å². The van der Waals surface area contributed by atoms with E-state index in [0.29, 0.717) is 12.8 Å². The normalized spacial score (nSPS) is 20.7. The number of aliphatic hydroxyl groups excluding tert-OH is 1. The van der Waals surface area contributed by atoms with Gasteiger partial charge in [0.15, 0.2) is 0 Å². The quantitative estimate of drug-likeness (QED) is 0.658. The SMILES string of the molecule is CC(CC#Cc1ccccc1)[C@H](O)/C=C/[C@H]1CCC(=O)N1. The maximum Gasteiger partial charge on any atom is 0.220 e. The standard InChI is InChI=1S/C18H21NO2/c1-14(6-5-9-15-7-3-2-4-8-15)17(20)12-10-16-11-13-18(21)19-16/h2-4,7-8,10,12,14,16-17,20H,6,11,13H2,1H3,(H,19,21)/b12-10+/t14?,16-,17+/m0/s1. The first-order valence-corrected chi connectivity index (χ1v) is 7.35. The van der Waals surface area contributed by atoms with Gasteiger partial charge in [0.1, 0.15) is 0 Å². The lowest BCUT2D eigenvalue weighted by Gasteiger charge is -2.13. The van der Waals surface area contributed by atoms with Crippen LogP contribution in [0, 0.1) is 17.8 Å². The molecule has 1 aromatic rings. The average molecular weight is 283 g/mol. The van der Waals surface area contributed by atoms with Crippen LogP contribution in [-0.2, 0) is 4.79 Å². The maximum atomic E-state index is 11.1. The molecule has 1 unspecified atom stereocenters. The molecule has 3 atom stereocenters. The fraction of sp³-hybridized carbons (Fsp3) is 0.389. The molecule has 3 heteroatoms. The van der Waals surface area contributed by atoms with E-state index in [4.69, 9.17) is 0 Å². The van der Waals surface area contributed by atoms with Gasteiger partial charge in [-0.3, -0.25) is 4.79 Å². The molecule has 1 aliphatic heterocycles. The van der Waals surface area contributed by atoms with Crippen molar-refractivity contribution in [2.45, 2.75) is 38.3 Å². The van der Waals surface area contributed by atoms with Gasteiger partial charge in [0.25, 0.3) is 0 Å². The summed E-state index contributed by atoms with van der Waals surface area (Å²) < 4.78 is 0. The summed E-state index contributed by atoms with van der Waals surface area (Å²) in [5.41, 5.74) is 0.989. The first-order valence-electron chi connectivity index (χ1n) is 7.35. The van der Waals surface area contributed by atoms with E-state index < -0.39 is 6.10 Å². The molecule has 3 nitrogen and oxygen atoms in total. The molecule has 0 saturated carbocycles. The van der Waals surface area contributed by atoms with Gasteiger partial charge in [-0.15, -0.1) is 0 Å².